The van der Waals surface area contributed by atoms with Crippen LogP contribution in [0, 0.1) is 16.6 Å². The summed E-state index contributed by atoms with van der Waals surface area (Å²) < 4.78 is 13.3. The first-order valence-corrected chi connectivity index (χ1v) is 6.78. The van der Waals surface area contributed by atoms with Crippen LogP contribution in [0.2, 0.25) is 0 Å². The van der Waals surface area contributed by atoms with E-state index < -0.39 is 0 Å². The molecule has 3 N–H and O–H groups in total. The van der Waals surface area contributed by atoms with E-state index in [9.17, 15) is 4.39 Å². The molecule has 0 aliphatic carbocycles. The predicted molar refractivity (Wildman–Crippen MR) is 77.2 cm³/mol. The molecule has 0 unspecified atom stereocenters. The molecule has 0 amide bonds. The van der Waals surface area contributed by atoms with Crippen LogP contribution in [0.25, 0.3) is 0 Å². The Hall–Kier alpha value is -1.58. The molecule has 1 aromatic carbocycles. The van der Waals surface area contributed by atoms with Crippen molar-refractivity contribution < 1.29 is 4.39 Å². The first kappa shape index (κ1) is 13.8. The van der Waals surface area contributed by atoms with E-state index in [0.717, 1.165) is 38.0 Å². The molecule has 0 saturated heterocycles. The van der Waals surface area contributed by atoms with E-state index in [0.29, 0.717) is 0 Å². The lowest BCUT2D eigenvalue weighted by molar-refractivity contribution is 0.450. The topological polar surface area (TPSA) is 53.1 Å². The zero-order chi connectivity index (χ0) is 14.0. The van der Waals surface area contributed by atoms with E-state index in [1.807, 2.05) is 19.9 Å². The van der Waals surface area contributed by atoms with Crippen molar-refractivity contribution in [3.8, 4) is 0 Å². The summed E-state index contributed by atoms with van der Waals surface area (Å²) in [4.78, 5) is 2.23. The highest BCUT2D eigenvalue weighted by molar-refractivity contribution is 5.82. The van der Waals surface area contributed by atoms with Crippen LogP contribution in [0.5, 0.6) is 0 Å². The molecule has 1 aliphatic rings. The Morgan fingerprint density at radius 2 is 2.21 bits per heavy atom. The van der Waals surface area contributed by atoms with E-state index in [1.54, 1.807) is 6.07 Å². The Bertz CT molecular complexity index is 482. The molecule has 2 rings (SSSR count). The van der Waals surface area contributed by atoms with Crippen molar-refractivity contribution in [2.45, 2.75) is 33.1 Å². The summed E-state index contributed by atoms with van der Waals surface area (Å²) in [5.41, 5.74) is 7.59. The van der Waals surface area contributed by atoms with E-state index in [1.165, 1.54) is 11.6 Å². The van der Waals surface area contributed by atoms with Gasteiger partial charge in [0.25, 0.3) is 0 Å². The van der Waals surface area contributed by atoms with Crippen molar-refractivity contribution >= 4 is 11.5 Å². The summed E-state index contributed by atoms with van der Waals surface area (Å²) in [5.74, 6) is 0.0649. The summed E-state index contributed by atoms with van der Waals surface area (Å²) in [7, 11) is 0. The van der Waals surface area contributed by atoms with Gasteiger partial charge in [0.2, 0.25) is 0 Å². The Labute approximate surface area is 114 Å². The molecular formula is C15H22FN3. The summed E-state index contributed by atoms with van der Waals surface area (Å²) in [5, 5.41) is 7.54. The fraction of sp³-hybridized carbons (Fsp3) is 0.533. The third-order valence-corrected chi connectivity index (χ3v) is 4.00. The number of nitrogens with one attached hydrogen (secondary N) is 1. The standard InChI is InChI=1S/C15H22FN3/c1-15(2,14(17)18)7-3-8-19-9-6-11-4-5-12(16)10-13(11)19/h4-5,10H,3,6-9H2,1-2H3,(H3,17,18). The van der Waals surface area contributed by atoms with Gasteiger partial charge in [-0.25, -0.2) is 4.39 Å². The van der Waals surface area contributed by atoms with Gasteiger partial charge in [0.1, 0.15) is 5.82 Å². The van der Waals surface area contributed by atoms with Gasteiger partial charge in [-0.3, -0.25) is 5.41 Å². The summed E-state index contributed by atoms with van der Waals surface area (Å²) in [6.45, 7) is 5.84. The van der Waals surface area contributed by atoms with Gasteiger partial charge in [-0.1, -0.05) is 19.9 Å². The summed E-state index contributed by atoms with van der Waals surface area (Å²) in [6, 6.07) is 5.03. The number of fused-ring (bicyclic) bond motifs is 1. The molecule has 1 aliphatic heterocycles. The van der Waals surface area contributed by atoms with Crippen LogP contribution in [0.15, 0.2) is 18.2 Å². The number of hydrogen-bond acceptors (Lipinski definition) is 2. The maximum atomic E-state index is 13.3. The molecule has 1 heterocycles. The molecule has 0 aromatic heterocycles. The second kappa shape index (κ2) is 5.19. The molecule has 4 heteroatoms. The summed E-state index contributed by atoms with van der Waals surface area (Å²) >= 11 is 0. The number of halogens is 1. The van der Waals surface area contributed by atoms with Crippen molar-refractivity contribution in [2.75, 3.05) is 18.0 Å². The lowest BCUT2D eigenvalue weighted by Crippen LogP contribution is -2.32. The fourth-order valence-electron chi connectivity index (χ4n) is 2.50. The van der Waals surface area contributed by atoms with Gasteiger partial charge in [-0.15, -0.1) is 0 Å². The molecule has 1 aromatic rings. The Kier molecular flexibility index (Phi) is 3.78. The third-order valence-electron chi connectivity index (χ3n) is 4.00. The molecule has 19 heavy (non-hydrogen) atoms. The highest BCUT2D eigenvalue weighted by Crippen LogP contribution is 2.30. The molecule has 0 spiro atoms. The first-order chi connectivity index (χ1) is 8.90. The van der Waals surface area contributed by atoms with Crippen LogP contribution in [0.4, 0.5) is 10.1 Å². The molecule has 3 nitrogen and oxygen atoms in total. The number of amidine groups is 1. The number of nitrogens with two attached hydrogens (primary N) is 1. The van der Waals surface area contributed by atoms with Gasteiger partial charge in [0, 0.05) is 24.2 Å². The maximum absolute atomic E-state index is 13.3. The van der Waals surface area contributed by atoms with Crippen molar-refractivity contribution in [1.82, 2.24) is 0 Å². The molecular weight excluding hydrogens is 241 g/mol. The smallest absolute Gasteiger partial charge is 0.125 e. The SMILES string of the molecule is CC(C)(CCCN1CCc2ccc(F)cc21)C(=N)N. The zero-order valence-corrected chi connectivity index (χ0v) is 11.7. The van der Waals surface area contributed by atoms with Crippen LogP contribution in [-0.4, -0.2) is 18.9 Å². The molecule has 0 radical (unpaired) electrons. The van der Waals surface area contributed by atoms with Gasteiger partial charge in [-0.05, 0) is 37.0 Å². The van der Waals surface area contributed by atoms with Crippen molar-refractivity contribution in [3.63, 3.8) is 0 Å². The van der Waals surface area contributed by atoms with Crippen molar-refractivity contribution in [3.05, 3.63) is 29.6 Å². The largest absolute Gasteiger partial charge is 0.387 e. The summed E-state index contributed by atoms with van der Waals surface area (Å²) in [6.07, 6.45) is 2.83. The normalized spacial score (nSPS) is 14.6. The lowest BCUT2D eigenvalue weighted by Gasteiger charge is -2.25. The van der Waals surface area contributed by atoms with Crippen molar-refractivity contribution in [2.24, 2.45) is 11.1 Å². The number of rotatable bonds is 5. The van der Waals surface area contributed by atoms with E-state index >= 15 is 0 Å². The van der Waals surface area contributed by atoms with Crippen LogP contribution in [-0.2, 0) is 6.42 Å². The second-order valence-corrected chi connectivity index (χ2v) is 5.91. The number of hydrogen-bond donors (Lipinski definition) is 2. The van der Waals surface area contributed by atoms with Gasteiger partial charge < -0.3 is 10.6 Å². The van der Waals surface area contributed by atoms with Crippen LogP contribution >= 0.6 is 0 Å². The minimum atomic E-state index is -0.246. The number of nitrogens with zero attached hydrogens (tertiary/aromatic N) is 1. The molecule has 0 saturated carbocycles. The Morgan fingerprint density at radius 1 is 1.47 bits per heavy atom. The van der Waals surface area contributed by atoms with Crippen molar-refractivity contribution in [1.29, 1.82) is 5.41 Å². The predicted octanol–water partition coefficient (Wildman–Crippen LogP) is 2.93. The molecule has 0 fully saturated rings. The number of benzene rings is 1. The minimum absolute atomic E-state index is 0.172. The van der Waals surface area contributed by atoms with Gasteiger partial charge >= 0.3 is 0 Å². The molecule has 0 atom stereocenters. The first-order valence-electron chi connectivity index (χ1n) is 6.78. The van der Waals surface area contributed by atoms with E-state index in [2.05, 4.69) is 4.90 Å². The van der Waals surface area contributed by atoms with Crippen LogP contribution < -0.4 is 10.6 Å². The third kappa shape index (κ3) is 3.06. The fourth-order valence-corrected chi connectivity index (χ4v) is 2.50. The quantitative estimate of drug-likeness (QED) is 0.634. The van der Waals surface area contributed by atoms with Crippen LogP contribution in [0.1, 0.15) is 32.3 Å². The second-order valence-electron chi connectivity index (χ2n) is 5.91. The Balaban J connectivity index is 1.93. The minimum Gasteiger partial charge on any atom is -0.387 e. The highest BCUT2D eigenvalue weighted by atomic mass is 19.1. The zero-order valence-electron chi connectivity index (χ0n) is 11.7. The Morgan fingerprint density at radius 3 is 2.89 bits per heavy atom. The van der Waals surface area contributed by atoms with Gasteiger partial charge in [0.15, 0.2) is 0 Å². The van der Waals surface area contributed by atoms with Crippen LogP contribution in [0.3, 0.4) is 0 Å². The van der Waals surface area contributed by atoms with E-state index in [-0.39, 0.29) is 17.1 Å². The van der Waals surface area contributed by atoms with Gasteiger partial charge in [0.05, 0.1) is 5.84 Å². The highest BCUT2D eigenvalue weighted by Gasteiger charge is 2.23. The van der Waals surface area contributed by atoms with E-state index in [4.69, 9.17) is 11.1 Å². The molecule has 104 valence electrons. The average molecular weight is 263 g/mol. The molecule has 0 bridgehead atoms. The average Bonchev–Trinajstić information content (AvgIpc) is 2.71. The number of anilines is 1. The maximum Gasteiger partial charge on any atom is 0.125 e. The van der Waals surface area contributed by atoms with Gasteiger partial charge in [-0.2, -0.15) is 0 Å². The monoisotopic (exact) mass is 263 g/mol. The lowest BCUT2D eigenvalue weighted by atomic mass is 9.86.